The number of furan rings is 1. The van der Waals surface area contributed by atoms with Crippen LogP contribution >= 0.6 is 24.0 Å². The lowest BCUT2D eigenvalue weighted by atomic mass is 10.2. The number of benzene rings is 1. The van der Waals surface area contributed by atoms with Gasteiger partial charge in [-0.05, 0) is 29.8 Å². The molecule has 11 heteroatoms. The van der Waals surface area contributed by atoms with E-state index in [0.29, 0.717) is 24.8 Å². The third kappa shape index (κ3) is 10.1. The molecule has 1 amide bonds. The smallest absolute Gasteiger partial charge is 0.422 e. The molecule has 0 aliphatic rings. The van der Waals surface area contributed by atoms with Crippen LogP contribution in [0.4, 0.5) is 13.2 Å². The van der Waals surface area contributed by atoms with Gasteiger partial charge in [-0.15, -0.1) is 24.0 Å². The minimum Gasteiger partial charge on any atom is -0.484 e. The minimum absolute atomic E-state index is 0. The molecular formula is C18H22F3IN4O3. The second kappa shape index (κ2) is 12.2. The van der Waals surface area contributed by atoms with E-state index in [2.05, 4.69) is 25.7 Å². The zero-order valence-corrected chi connectivity index (χ0v) is 17.9. The Morgan fingerprint density at radius 1 is 1.10 bits per heavy atom. The lowest BCUT2D eigenvalue weighted by Crippen LogP contribution is -2.42. The normalized spacial score (nSPS) is 11.4. The number of hydrogen-bond acceptors (Lipinski definition) is 4. The lowest BCUT2D eigenvalue weighted by Gasteiger charge is -2.13. The third-order valence-corrected chi connectivity index (χ3v) is 3.47. The highest BCUT2D eigenvalue weighted by Gasteiger charge is 2.28. The zero-order chi connectivity index (χ0) is 20.4. The van der Waals surface area contributed by atoms with E-state index in [-0.39, 0.29) is 42.2 Å². The molecule has 0 radical (unpaired) electrons. The zero-order valence-electron chi connectivity index (χ0n) is 15.6. The molecule has 0 bridgehead atoms. The molecule has 2 aromatic rings. The Hall–Kier alpha value is -2.44. The molecule has 29 heavy (non-hydrogen) atoms. The summed E-state index contributed by atoms with van der Waals surface area (Å²) in [7, 11) is 1.56. The molecule has 0 spiro atoms. The summed E-state index contributed by atoms with van der Waals surface area (Å²) >= 11 is 0. The Labute approximate surface area is 183 Å². The molecule has 0 saturated carbocycles. The molecule has 0 aliphatic carbocycles. The van der Waals surface area contributed by atoms with Gasteiger partial charge in [0, 0.05) is 13.6 Å². The average molecular weight is 526 g/mol. The van der Waals surface area contributed by atoms with Crippen molar-refractivity contribution in [3.63, 3.8) is 0 Å². The maximum Gasteiger partial charge on any atom is 0.422 e. The second-order valence-corrected chi connectivity index (χ2v) is 5.68. The molecule has 0 unspecified atom stereocenters. The van der Waals surface area contributed by atoms with Crippen LogP contribution in [0.15, 0.2) is 52.1 Å². The molecule has 0 fully saturated rings. The summed E-state index contributed by atoms with van der Waals surface area (Å²) in [5, 5.41) is 8.57. The number of alkyl halides is 3. The minimum atomic E-state index is -4.37. The quantitative estimate of drug-likeness (QED) is 0.280. The Bertz CT molecular complexity index is 766. The molecule has 2 rings (SSSR count). The number of nitrogens with zero attached hydrogens (tertiary/aromatic N) is 1. The number of guanidine groups is 1. The first-order valence-corrected chi connectivity index (χ1v) is 8.38. The van der Waals surface area contributed by atoms with Crippen LogP contribution in [0.5, 0.6) is 5.75 Å². The standard InChI is InChI=1S/C18H21F3N4O3.HI/c1-22-17(25-11-16(26)23-10-15-3-2-8-27-15)24-9-13-4-6-14(7-5-13)28-12-18(19,20)21;/h2-8H,9-12H2,1H3,(H,23,26)(H2,22,24,25);1H. The number of ether oxygens (including phenoxy) is 1. The molecule has 1 aromatic carbocycles. The van der Waals surface area contributed by atoms with Gasteiger partial charge in [-0.3, -0.25) is 9.79 Å². The summed E-state index contributed by atoms with van der Waals surface area (Å²) in [6, 6.07) is 9.69. The van der Waals surface area contributed by atoms with Crippen LogP contribution in [0.3, 0.4) is 0 Å². The first kappa shape index (κ1) is 24.6. The van der Waals surface area contributed by atoms with Crippen LogP contribution in [0.1, 0.15) is 11.3 Å². The average Bonchev–Trinajstić information content (AvgIpc) is 3.19. The first-order chi connectivity index (χ1) is 13.4. The number of nitrogens with one attached hydrogen (secondary N) is 3. The van der Waals surface area contributed by atoms with Gasteiger partial charge in [0.2, 0.25) is 5.91 Å². The van der Waals surface area contributed by atoms with Crippen LogP contribution in [0.25, 0.3) is 0 Å². The van der Waals surface area contributed by atoms with E-state index in [4.69, 9.17) is 4.42 Å². The number of halogens is 4. The van der Waals surface area contributed by atoms with Gasteiger partial charge in [-0.2, -0.15) is 13.2 Å². The largest absolute Gasteiger partial charge is 0.484 e. The van der Waals surface area contributed by atoms with Crippen LogP contribution in [-0.2, 0) is 17.9 Å². The highest BCUT2D eigenvalue weighted by molar-refractivity contribution is 14.0. The van der Waals surface area contributed by atoms with Crippen molar-refractivity contribution in [1.82, 2.24) is 16.0 Å². The fourth-order valence-electron chi connectivity index (χ4n) is 2.10. The lowest BCUT2D eigenvalue weighted by molar-refractivity contribution is -0.153. The SMILES string of the molecule is CN=C(NCC(=O)NCc1ccco1)NCc1ccc(OCC(F)(F)F)cc1.I. The molecule has 1 aromatic heterocycles. The first-order valence-electron chi connectivity index (χ1n) is 8.38. The molecule has 0 aliphatic heterocycles. The fraction of sp³-hybridized carbons (Fsp3) is 0.333. The summed E-state index contributed by atoms with van der Waals surface area (Å²) in [5.41, 5.74) is 0.810. The van der Waals surface area contributed by atoms with E-state index in [1.165, 1.54) is 18.4 Å². The predicted octanol–water partition coefficient (Wildman–Crippen LogP) is 2.82. The van der Waals surface area contributed by atoms with Crippen molar-refractivity contribution in [2.45, 2.75) is 19.3 Å². The van der Waals surface area contributed by atoms with Crippen molar-refractivity contribution in [1.29, 1.82) is 0 Å². The molecule has 3 N–H and O–H groups in total. The maximum absolute atomic E-state index is 12.1. The summed E-state index contributed by atoms with van der Waals surface area (Å²) in [5.74, 6) is 0.964. The summed E-state index contributed by atoms with van der Waals surface area (Å²) in [6.07, 6.45) is -2.84. The van der Waals surface area contributed by atoms with Gasteiger partial charge in [-0.25, -0.2) is 0 Å². The van der Waals surface area contributed by atoms with Crippen molar-refractivity contribution in [3.05, 3.63) is 54.0 Å². The Morgan fingerprint density at radius 3 is 2.41 bits per heavy atom. The van der Waals surface area contributed by atoms with Crippen LogP contribution in [0, 0.1) is 0 Å². The predicted molar refractivity (Wildman–Crippen MR) is 112 cm³/mol. The Morgan fingerprint density at radius 2 is 1.83 bits per heavy atom. The fourth-order valence-corrected chi connectivity index (χ4v) is 2.10. The number of aliphatic imine (C=N–C) groups is 1. The van der Waals surface area contributed by atoms with Crippen LogP contribution in [-0.4, -0.2) is 38.2 Å². The van der Waals surface area contributed by atoms with Crippen molar-refractivity contribution >= 4 is 35.8 Å². The van der Waals surface area contributed by atoms with Gasteiger partial charge in [-0.1, -0.05) is 12.1 Å². The van der Waals surface area contributed by atoms with E-state index in [1.54, 1.807) is 31.3 Å². The molecule has 0 saturated heterocycles. The molecular weight excluding hydrogens is 504 g/mol. The van der Waals surface area contributed by atoms with Gasteiger partial charge < -0.3 is 25.1 Å². The summed E-state index contributed by atoms with van der Waals surface area (Å²) in [4.78, 5) is 15.8. The van der Waals surface area contributed by atoms with E-state index < -0.39 is 12.8 Å². The number of carbonyl (C=O) groups excluding carboxylic acids is 1. The van der Waals surface area contributed by atoms with Gasteiger partial charge in [0.15, 0.2) is 12.6 Å². The van der Waals surface area contributed by atoms with Gasteiger partial charge >= 0.3 is 6.18 Å². The highest BCUT2D eigenvalue weighted by atomic mass is 127. The summed E-state index contributed by atoms with van der Waals surface area (Å²) in [6.45, 7) is -0.650. The molecule has 0 atom stereocenters. The van der Waals surface area contributed by atoms with Crippen molar-refractivity contribution < 1.29 is 27.1 Å². The van der Waals surface area contributed by atoms with E-state index in [1.807, 2.05) is 0 Å². The summed E-state index contributed by atoms with van der Waals surface area (Å²) < 4.78 is 46.2. The van der Waals surface area contributed by atoms with Crippen molar-refractivity contribution in [2.24, 2.45) is 4.99 Å². The van der Waals surface area contributed by atoms with E-state index >= 15 is 0 Å². The molecule has 7 nitrogen and oxygen atoms in total. The Kier molecular flexibility index (Phi) is 10.3. The van der Waals surface area contributed by atoms with Crippen molar-refractivity contribution in [2.75, 3.05) is 20.2 Å². The van der Waals surface area contributed by atoms with E-state index in [0.717, 1.165) is 5.56 Å². The molecule has 160 valence electrons. The number of amides is 1. The van der Waals surface area contributed by atoms with E-state index in [9.17, 15) is 18.0 Å². The van der Waals surface area contributed by atoms with Crippen LogP contribution < -0.4 is 20.7 Å². The topological polar surface area (TPSA) is 87.9 Å². The van der Waals surface area contributed by atoms with Crippen LogP contribution in [0.2, 0.25) is 0 Å². The molecule has 1 heterocycles. The van der Waals surface area contributed by atoms with Crippen molar-refractivity contribution in [3.8, 4) is 5.75 Å². The monoisotopic (exact) mass is 526 g/mol. The van der Waals surface area contributed by atoms with Gasteiger partial charge in [0.25, 0.3) is 0 Å². The van der Waals surface area contributed by atoms with Gasteiger partial charge in [0.05, 0.1) is 19.4 Å². The highest BCUT2D eigenvalue weighted by Crippen LogP contribution is 2.18. The number of carbonyl (C=O) groups is 1. The maximum atomic E-state index is 12.1. The number of hydrogen-bond donors (Lipinski definition) is 3. The second-order valence-electron chi connectivity index (χ2n) is 5.68. The van der Waals surface area contributed by atoms with Gasteiger partial charge in [0.1, 0.15) is 11.5 Å². The Balaban J connectivity index is 0.00000420. The third-order valence-electron chi connectivity index (χ3n) is 3.47. The number of rotatable bonds is 8.